The molecule has 0 saturated carbocycles. The molecule has 0 radical (unpaired) electrons. The number of hydrogen-bond donors (Lipinski definition) is 0. The van der Waals surface area contributed by atoms with Crippen LogP contribution in [0.4, 0.5) is 0 Å². The lowest BCUT2D eigenvalue weighted by atomic mass is 10.1. The first-order chi connectivity index (χ1) is 14.1. The third-order valence-electron chi connectivity index (χ3n) is 5.51. The summed E-state index contributed by atoms with van der Waals surface area (Å²) in [4.78, 5) is 36.8. The van der Waals surface area contributed by atoms with E-state index < -0.39 is 0 Å². The lowest BCUT2D eigenvalue weighted by Gasteiger charge is -2.26. The molecular weight excluding hydrogens is 370 g/mol. The van der Waals surface area contributed by atoms with Crippen LogP contribution in [0.2, 0.25) is 0 Å². The summed E-state index contributed by atoms with van der Waals surface area (Å²) in [5.41, 5.74) is 1.25. The second kappa shape index (κ2) is 8.26. The monoisotopic (exact) mass is 395 g/mol. The SMILES string of the molecule is COCCn1c(C2CCCN2Cc2cncn(C)c2=O)nc2ccccc2c1=O. The fourth-order valence-electron chi connectivity index (χ4n) is 4.03. The molecule has 1 unspecified atom stereocenters. The molecular formula is C21H25N5O3. The van der Waals surface area contributed by atoms with E-state index in [9.17, 15) is 9.59 Å². The van der Waals surface area contributed by atoms with Gasteiger partial charge in [0.15, 0.2) is 0 Å². The Morgan fingerprint density at radius 1 is 1.21 bits per heavy atom. The molecule has 1 aliphatic rings. The minimum atomic E-state index is -0.0493. The number of methoxy groups -OCH3 is 1. The van der Waals surface area contributed by atoms with Gasteiger partial charge in [0.05, 0.1) is 36.4 Å². The van der Waals surface area contributed by atoms with Crippen molar-refractivity contribution < 1.29 is 4.74 Å². The topological polar surface area (TPSA) is 82.2 Å². The molecule has 0 spiro atoms. The number of fused-ring (bicyclic) bond motifs is 1. The molecule has 3 aromatic rings. The molecule has 152 valence electrons. The van der Waals surface area contributed by atoms with Crippen LogP contribution >= 0.6 is 0 Å². The van der Waals surface area contributed by atoms with Crippen LogP contribution in [0.3, 0.4) is 0 Å². The van der Waals surface area contributed by atoms with Crippen molar-refractivity contribution in [2.75, 3.05) is 20.3 Å². The van der Waals surface area contributed by atoms with Crippen LogP contribution < -0.4 is 11.1 Å². The minimum absolute atomic E-state index is 0.0333. The van der Waals surface area contributed by atoms with Gasteiger partial charge in [-0.05, 0) is 31.5 Å². The van der Waals surface area contributed by atoms with Gasteiger partial charge in [0.25, 0.3) is 11.1 Å². The van der Waals surface area contributed by atoms with Crippen LogP contribution in [0.15, 0.2) is 46.4 Å². The van der Waals surface area contributed by atoms with E-state index in [1.807, 2.05) is 24.3 Å². The van der Waals surface area contributed by atoms with Gasteiger partial charge >= 0.3 is 0 Å². The highest BCUT2D eigenvalue weighted by Crippen LogP contribution is 2.32. The van der Waals surface area contributed by atoms with Crippen LogP contribution in [-0.4, -0.2) is 44.3 Å². The van der Waals surface area contributed by atoms with Crippen molar-refractivity contribution in [2.45, 2.75) is 32.0 Å². The highest BCUT2D eigenvalue weighted by Gasteiger charge is 2.31. The number of hydrogen-bond acceptors (Lipinski definition) is 6. The summed E-state index contributed by atoms with van der Waals surface area (Å²) in [6.45, 7) is 2.21. The van der Waals surface area contributed by atoms with Gasteiger partial charge in [-0.3, -0.25) is 19.1 Å². The van der Waals surface area contributed by atoms with E-state index in [1.165, 1.54) is 10.9 Å². The quantitative estimate of drug-likeness (QED) is 0.629. The standard InChI is InChI=1S/C21H25N5O3/c1-24-14-22-12-15(20(24)27)13-25-9-5-8-18(25)19-23-17-7-4-3-6-16(17)21(28)26(19)10-11-29-2/h3-4,6-7,12,14,18H,5,8-11,13H2,1-2H3. The van der Waals surface area contributed by atoms with Crippen molar-refractivity contribution in [2.24, 2.45) is 7.05 Å². The van der Waals surface area contributed by atoms with Crippen molar-refractivity contribution in [1.82, 2.24) is 24.0 Å². The smallest absolute Gasteiger partial charge is 0.261 e. The van der Waals surface area contributed by atoms with E-state index in [-0.39, 0.29) is 17.2 Å². The van der Waals surface area contributed by atoms with E-state index in [0.29, 0.717) is 36.2 Å². The molecule has 8 nitrogen and oxygen atoms in total. The number of benzene rings is 1. The molecule has 0 amide bonds. The van der Waals surface area contributed by atoms with E-state index in [1.54, 1.807) is 24.9 Å². The van der Waals surface area contributed by atoms with E-state index >= 15 is 0 Å². The number of likely N-dealkylation sites (tertiary alicyclic amines) is 1. The normalized spacial score (nSPS) is 17.2. The zero-order valence-electron chi connectivity index (χ0n) is 16.7. The fraction of sp³-hybridized carbons (Fsp3) is 0.429. The summed E-state index contributed by atoms with van der Waals surface area (Å²) in [7, 11) is 3.33. The summed E-state index contributed by atoms with van der Waals surface area (Å²) in [5.74, 6) is 0.740. The molecule has 1 saturated heterocycles. The minimum Gasteiger partial charge on any atom is -0.383 e. The van der Waals surface area contributed by atoms with Gasteiger partial charge in [-0.2, -0.15) is 0 Å². The Hall–Kier alpha value is -2.84. The molecule has 3 heterocycles. The maximum atomic E-state index is 13.2. The second-order valence-corrected chi connectivity index (χ2v) is 7.40. The number of aromatic nitrogens is 4. The summed E-state index contributed by atoms with van der Waals surface area (Å²) < 4.78 is 8.45. The van der Waals surface area contributed by atoms with Crippen molar-refractivity contribution >= 4 is 10.9 Å². The predicted octanol–water partition coefficient (Wildman–Crippen LogP) is 1.47. The molecule has 1 aromatic carbocycles. The summed E-state index contributed by atoms with van der Waals surface area (Å²) in [6.07, 6.45) is 5.01. The van der Waals surface area contributed by atoms with Gasteiger partial charge in [0.2, 0.25) is 0 Å². The fourth-order valence-corrected chi connectivity index (χ4v) is 4.03. The predicted molar refractivity (Wildman–Crippen MR) is 110 cm³/mol. The van der Waals surface area contributed by atoms with Gasteiger partial charge in [-0.25, -0.2) is 9.97 Å². The molecule has 0 aliphatic carbocycles. The van der Waals surface area contributed by atoms with Crippen molar-refractivity contribution in [3.63, 3.8) is 0 Å². The third-order valence-corrected chi connectivity index (χ3v) is 5.51. The van der Waals surface area contributed by atoms with Crippen LogP contribution in [0, 0.1) is 0 Å². The molecule has 8 heteroatoms. The molecule has 0 N–H and O–H groups in total. The highest BCUT2D eigenvalue weighted by molar-refractivity contribution is 5.77. The van der Waals surface area contributed by atoms with E-state index in [0.717, 1.165) is 25.2 Å². The molecule has 1 aliphatic heterocycles. The van der Waals surface area contributed by atoms with Gasteiger partial charge in [-0.15, -0.1) is 0 Å². The summed E-state index contributed by atoms with van der Waals surface area (Å²) in [6, 6.07) is 7.39. The maximum absolute atomic E-state index is 13.2. The Balaban J connectivity index is 1.76. The van der Waals surface area contributed by atoms with Crippen LogP contribution in [0.25, 0.3) is 10.9 Å². The first-order valence-corrected chi connectivity index (χ1v) is 9.82. The Morgan fingerprint density at radius 3 is 2.86 bits per heavy atom. The average molecular weight is 395 g/mol. The molecule has 0 bridgehead atoms. The number of nitrogens with zero attached hydrogens (tertiary/aromatic N) is 5. The average Bonchev–Trinajstić information content (AvgIpc) is 3.18. The number of aryl methyl sites for hydroxylation is 1. The Bertz CT molecular complexity index is 1140. The van der Waals surface area contributed by atoms with Crippen molar-refractivity contribution in [3.05, 3.63) is 68.9 Å². The van der Waals surface area contributed by atoms with Gasteiger partial charge in [0.1, 0.15) is 5.82 Å². The zero-order chi connectivity index (χ0) is 20.4. The molecule has 4 rings (SSSR count). The van der Waals surface area contributed by atoms with Crippen molar-refractivity contribution in [1.29, 1.82) is 0 Å². The van der Waals surface area contributed by atoms with Crippen LogP contribution in [0.5, 0.6) is 0 Å². The Labute approximate surface area is 168 Å². The van der Waals surface area contributed by atoms with Crippen molar-refractivity contribution in [3.8, 4) is 0 Å². The van der Waals surface area contributed by atoms with Crippen LogP contribution in [-0.2, 0) is 24.9 Å². The van der Waals surface area contributed by atoms with E-state index in [2.05, 4.69) is 9.88 Å². The third kappa shape index (κ3) is 3.73. The lowest BCUT2D eigenvalue weighted by molar-refractivity contribution is 0.178. The Morgan fingerprint density at radius 2 is 2.03 bits per heavy atom. The first-order valence-electron chi connectivity index (χ1n) is 9.82. The molecule has 29 heavy (non-hydrogen) atoms. The number of para-hydroxylation sites is 1. The van der Waals surface area contributed by atoms with E-state index in [4.69, 9.17) is 9.72 Å². The molecule has 2 aromatic heterocycles. The highest BCUT2D eigenvalue weighted by atomic mass is 16.5. The van der Waals surface area contributed by atoms with Gasteiger partial charge < -0.3 is 9.30 Å². The molecule has 1 atom stereocenters. The van der Waals surface area contributed by atoms with Crippen LogP contribution in [0.1, 0.15) is 30.3 Å². The summed E-state index contributed by atoms with van der Waals surface area (Å²) in [5, 5.41) is 0.609. The van der Waals surface area contributed by atoms with Gasteiger partial charge in [0, 0.05) is 32.5 Å². The first kappa shape index (κ1) is 19.5. The number of rotatable bonds is 6. The zero-order valence-corrected chi connectivity index (χ0v) is 16.7. The van der Waals surface area contributed by atoms with Gasteiger partial charge in [-0.1, -0.05) is 12.1 Å². The maximum Gasteiger partial charge on any atom is 0.261 e. The largest absolute Gasteiger partial charge is 0.383 e. The molecule has 1 fully saturated rings. The summed E-state index contributed by atoms with van der Waals surface area (Å²) >= 11 is 0. The number of ether oxygens (including phenoxy) is 1. The second-order valence-electron chi connectivity index (χ2n) is 7.40. The Kier molecular flexibility index (Phi) is 5.55. The lowest BCUT2D eigenvalue weighted by Crippen LogP contribution is -2.34.